The largest absolute Gasteiger partial charge is 0.398 e. The van der Waals surface area contributed by atoms with Crippen molar-refractivity contribution in [3.05, 3.63) is 23.3 Å². The van der Waals surface area contributed by atoms with E-state index in [4.69, 9.17) is 22.3 Å². The van der Waals surface area contributed by atoms with Crippen molar-refractivity contribution in [1.29, 1.82) is 10.8 Å². The van der Waals surface area contributed by atoms with Gasteiger partial charge < -0.3 is 22.3 Å². The monoisotopic (exact) mass is 190 g/mol. The van der Waals surface area contributed by atoms with Crippen molar-refractivity contribution in [2.45, 2.75) is 13.8 Å². The lowest BCUT2D eigenvalue weighted by atomic mass is 10.0. The van der Waals surface area contributed by atoms with Crippen molar-refractivity contribution >= 4 is 22.8 Å². The fraction of sp³-hybridized carbons (Fsp3) is 0.200. The molecule has 0 aliphatic carbocycles. The molecule has 1 aromatic rings. The summed E-state index contributed by atoms with van der Waals surface area (Å²) in [6, 6.07) is 3.29. The zero-order valence-electron chi connectivity index (χ0n) is 8.31. The molecule has 74 valence electrons. The second kappa shape index (κ2) is 3.49. The smallest absolute Gasteiger partial charge is 0.0426 e. The molecule has 6 N–H and O–H groups in total. The van der Waals surface area contributed by atoms with Crippen molar-refractivity contribution in [2.75, 3.05) is 11.5 Å². The van der Waals surface area contributed by atoms with Gasteiger partial charge in [-0.1, -0.05) is 0 Å². The first-order chi connectivity index (χ1) is 6.43. The van der Waals surface area contributed by atoms with Crippen LogP contribution in [0.1, 0.15) is 25.0 Å². The van der Waals surface area contributed by atoms with Gasteiger partial charge in [0, 0.05) is 33.9 Å². The molecule has 14 heavy (non-hydrogen) atoms. The predicted molar refractivity (Wildman–Crippen MR) is 60.3 cm³/mol. The Morgan fingerprint density at radius 1 is 0.929 bits per heavy atom. The fourth-order valence-electron chi connectivity index (χ4n) is 1.28. The van der Waals surface area contributed by atoms with Gasteiger partial charge in [-0.3, -0.25) is 0 Å². The highest BCUT2D eigenvalue weighted by Gasteiger charge is 2.08. The summed E-state index contributed by atoms with van der Waals surface area (Å²) in [6.45, 7) is 3.32. The quantitative estimate of drug-likeness (QED) is 0.421. The van der Waals surface area contributed by atoms with E-state index in [0.717, 1.165) is 0 Å². The summed E-state index contributed by atoms with van der Waals surface area (Å²) in [5.74, 6) is 0. The number of benzene rings is 1. The summed E-state index contributed by atoms with van der Waals surface area (Å²) in [5.41, 5.74) is 14.4. The Hall–Kier alpha value is -1.84. The number of nitrogen functional groups attached to an aromatic ring is 2. The van der Waals surface area contributed by atoms with E-state index in [1.807, 2.05) is 0 Å². The minimum atomic E-state index is 0.380. The number of nitrogens with one attached hydrogen (secondary N) is 2. The van der Waals surface area contributed by atoms with Gasteiger partial charge in [0.2, 0.25) is 0 Å². The molecule has 0 atom stereocenters. The third kappa shape index (κ3) is 1.74. The van der Waals surface area contributed by atoms with Crippen LogP contribution in [0.2, 0.25) is 0 Å². The molecule has 0 aromatic heterocycles. The number of nitrogens with two attached hydrogens (primary N) is 2. The molecule has 0 bridgehead atoms. The molecule has 1 aromatic carbocycles. The van der Waals surface area contributed by atoms with E-state index in [0.29, 0.717) is 33.9 Å². The third-order valence-corrected chi connectivity index (χ3v) is 2.03. The van der Waals surface area contributed by atoms with E-state index < -0.39 is 0 Å². The minimum Gasteiger partial charge on any atom is -0.398 e. The first kappa shape index (κ1) is 10.2. The van der Waals surface area contributed by atoms with E-state index in [9.17, 15) is 0 Å². The van der Waals surface area contributed by atoms with Crippen LogP contribution in [0.4, 0.5) is 11.4 Å². The van der Waals surface area contributed by atoms with E-state index in [2.05, 4.69) is 0 Å². The highest BCUT2D eigenvalue weighted by Crippen LogP contribution is 2.21. The Morgan fingerprint density at radius 3 is 1.57 bits per heavy atom. The van der Waals surface area contributed by atoms with Gasteiger partial charge in [-0.25, -0.2) is 0 Å². The molecule has 0 fully saturated rings. The second-order valence-corrected chi connectivity index (χ2v) is 3.28. The van der Waals surface area contributed by atoms with Crippen LogP contribution in [-0.4, -0.2) is 11.4 Å². The Morgan fingerprint density at radius 2 is 1.29 bits per heavy atom. The van der Waals surface area contributed by atoms with E-state index >= 15 is 0 Å². The van der Waals surface area contributed by atoms with Crippen molar-refractivity contribution in [3.8, 4) is 0 Å². The van der Waals surface area contributed by atoms with Crippen LogP contribution in [0.3, 0.4) is 0 Å². The van der Waals surface area contributed by atoms with Crippen LogP contribution < -0.4 is 11.5 Å². The normalized spacial score (nSPS) is 9.86. The molecule has 4 nitrogen and oxygen atoms in total. The summed E-state index contributed by atoms with van der Waals surface area (Å²) < 4.78 is 0. The Labute approximate surface area is 82.9 Å². The lowest BCUT2D eigenvalue weighted by Gasteiger charge is -2.09. The maximum Gasteiger partial charge on any atom is 0.0426 e. The van der Waals surface area contributed by atoms with E-state index in [-0.39, 0.29) is 0 Å². The topological polar surface area (TPSA) is 99.7 Å². The molecule has 1 rings (SSSR count). The molecule has 0 radical (unpaired) electrons. The first-order valence-electron chi connectivity index (χ1n) is 4.23. The Bertz CT molecular complexity index is 372. The van der Waals surface area contributed by atoms with E-state index in [1.54, 1.807) is 26.0 Å². The molecular formula is C10H14N4. The molecule has 4 heteroatoms. The van der Waals surface area contributed by atoms with Crippen molar-refractivity contribution in [1.82, 2.24) is 0 Å². The predicted octanol–water partition coefficient (Wildman–Crippen LogP) is 1.63. The lowest BCUT2D eigenvalue weighted by Crippen LogP contribution is -2.06. The van der Waals surface area contributed by atoms with Gasteiger partial charge in [0.05, 0.1) is 0 Å². The van der Waals surface area contributed by atoms with Crippen LogP contribution in [0.5, 0.6) is 0 Å². The third-order valence-electron chi connectivity index (χ3n) is 2.03. The molecular weight excluding hydrogens is 176 g/mol. The summed E-state index contributed by atoms with van der Waals surface area (Å²) in [5, 5.41) is 15.0. The van der Waals surface area contributed by atoms with Gasteiger partial charge in [-0.15, -0.1) is 0 Å². The summed E-state index contributed by atoms with van der Waals surface area (Å²) in [4.78, 5) is 0. The van der Waals surface area contributed by atoms with Crippen LogP contribution in [0.25, 0.3) is 0 Å². The van der Waals surface area contributed by atoms with Crippen LogP contribution in [-0.2, 0) is 0 Å². The molecule has 0 unspecified atom stereocenters. The zero-order chi connectivity index (χ0) is 10.9. The standard InChI is InChI=1S/C10H14N4/c1-5(11)7-3-8(6(2)12)10(14)4-9(7)13/h3-4,11-12H,13-14H2,1-2H3. The molecule has 0 heterocycles. The lowest BCUT2D eigenvalue weighted by molar-refractivity contribution is 1.42. The van der Waals surface area contributed by atoms with Gasteiger partial charge in [-0.2, -0.15) is 0 Å². The highest BCUT2D eigenvalue weighted by atomic mass is 14.6. The number of hydrogen-bond donors (Lipinski definition) is 4. The molecule has 0 saturated carbocycles. The summed E-state index contributed by atoms with van der Waals surface area (Å²) in [6.07, 6.45) is 0. The number of rotatable bonds is 2. The van der Waals surface area contributed by atoms with Crippen LogP contribution >= 0.6 is 0 Å². The Balaban J connectivity index is 3.42. The summed E-state index contributed by atoms with van der Waals surface area (Å²) in [7, 11) is 0. The summed E-state index contributed by atoms with van der Waals surface area (Å²) >= 11 is 0. The Kier molecular flexibility index (Phi) is 2.56. The highest BCUT2D eigenvalue weighted by molar-refractivity contribution is 6.07. The van der Waals surface area contributed by atoms with Gasteiger partial charge in [0.25, 0.3) is 0 Å². The average molecular weight is 190 g/mol. The fourth-order valence-corrected chi connectivity index (χ4v) is 1.28. The number of anilines is 2. The maximum atomic E-state index is 7.49. The van der Waals surface area contributed by atoms with Gasteiger partial charge in [-0.05, 0) is 26.0 Å². The van der Waals surface area contributed by atoms with E-state index in [1.165, 1.54) is 0 Å². The molecule has 0 aliphatic heterocycles. The molecule has 0 aliphatic rings. The SMILES string of the molecule is CC(=N)c1cc(C(C)=N)c(N)cc1N. The van der Waals surface area contributed by atoms with Gasteiger partial charge >= 0.3 is 0 Å². The first-order valence-corrected chi connectivity index (χ1v) is 4.23. The van der Waals surface area contributed by atoms with Crippen LogP contribution in [0, 0.1) is 10.8 Å². The maximum absolute atomic E-state index is 7.49. The minimum absolute atomic E-state index is 0.380. The van der Waals surface area contributed by atoms with Crippen molar-refractivity contribution in [2.24, 2.45) is 0 Å². The van der Waals surface area contributed by atoms with Crippen LogP contribution in [0.15, 0.2) is 12.1 Å². The average Bonchev–Trinajstić information content (AvgIpc) is 2.02. The van der Waals surface area contributed by atoms with Crippen molar-refractivity contribution in [3.63, 3.8) is 0 Å². The molecule has 0 spiro atoms. The van der Waals surface area contributed by atoms with Gasteiger partial charge in [0.1, 0.15) is 0 Å². The zero-order valence-corrected chi connectivity index (χ0v) is 8.31. The molecule has 0 amide bonds. The van der Waals surface area contributed by atoms with Gasteiger partial charge in [0.15, 0.2) is 0 Å². The van der Waals surface area contributed by atoms with Crippen molar-refractivity contribution < 1.29 is 0 Å². The second-order valence-electron chi connectivity index (χ2n) is 3.28. The number of hydrogen-bond acceptors (Lipinski definition) is 4. The molecule has 0 saturated heterocycles.